The molecule has 146 valence electrons. The maximum absolute atomic E-state index is 12.9. The van der Waals surface area contributed by atoms with Gasteiger partial charge in [-0.15, -0.1) is 0 Å². The number of ether oxygens (including phenoxy) is 1. The summed E-state index contributed by atoms with van der Waals surface area (Å²) in [5, 5.41) is 8.16. The molecule has 3 aromatic rings. The van der Waals surface area contributed by atoms with Gasteiger partial charge in [0, 0.05) is 17.7 Å². The number of anilines is 1. The molecule has 0 fully saturated rings. The monoisotopic (exact) mass is 387 g/mol. The van der Waals surface area contributed by atoms with Crippen LogP contribution in [0.2, 0.25) is 0 Å². The third-order valence-corrected chi connectivity index (χ3v) is 4.93. The lowest BCUT2D eigenvalue weighted by Crippen LogP contribution is -2.08. The molecule has 0 atom stereocenters. The van der Waals surface area contributed by atoms with Crippen molar-refractivity contribution in [3.63, 3.8) is 0 Å². The Morgan fingerprint density at radius 3 is 2.36 bits per heavy atom. The van der Waals surface area contributed by atoms with Crippen molar-refractivity contribution in [2.45, 2.75) is 25.4 Å². The van der Waals surface area contributed by atoms with Crippen molar-refractivity contribution in [1.82, 2.24) is 9.78 Å². The maximum atomic E-state index is 12.9. The van der Waals surface area contributed by atoms with Crippen LogP contribution < -0.4 is 10.1 Å². The Kier molecular flexibility index (Phi) is 4.75. The SMILES string of the molecule is COc1ccc(-c2nn(-c3ccc(C(F)(F)F)cc3)c3c2CCCCN3)cc1. The van der Waals surface area contributed by atoms with E-state index < -0.39 is 11.7 Å². The number of halogens is 3. The van der Waals surface area contributed by atoms with Crippen LogP contribution in [0.5, 0.6) is 5.75 Å². The quantitative estimate of drug-likeness (QED) is 0.662. The van der Waals surface area contributed by atoms with Crippen molar-refractivity contribution in [3.8, 4) is 22.7 Å². The fourth-order valence-electron chi connectivity index (χ4n) is 3.46. The second-order valence-corrected chi connectivity index (χ2v) is 6.74. The molecule has 4 nitrogen and oxygen atoms in total. The van der Waals surface area contributed by atoms with E-state index in [1.165, 1.54) is 12.1 Å². The predicted molar refractivity (Wildman–Crippen MR) is 102 cm³/mol. The Hall–Kier alpha value is -2.96. The lowest BCUT2D eigenvalue weighted by atomic mass is 10.0. The van der Waals surface area contributed by atoms with Gasteiger partial charge in [0.2, 0.25) is 0 Å². The van der Waals surface area contributed by atoms with E-state index in [4.69, 9.17) is 9.84 Å². The summed E-state index contributed by atoms with van der Waals surface area (Å²) < 4.78 is 45.6. The summed E-state index contributed by atoms with van der Waals surface area (Å²) in [6.07, 6.45) is -1.43. The molecule has 1 aliphatic heterocycles. The van der Waals surface area contributed by atoms with Gasteiger partial charge in [-0.2, -0.15) is 18.3 Å². The minimum absolute atomic E-state index is 0.596. The molecule has 0 spiro atoms. The molecule has 2 aromatic carbocycles. The van der Waals surface area contributed by atoms with Crippen LogP contribution in [0, 0.1) is 0 Å². The van der Waals surface area contributed by atoms with Crippen LogP contribution in [0.25, 0.3) is 16.9 Å². The number of hydrogen-bond acceptors (Lipinski definition) is 3. The van der Waals surface area contributed by atoms with E-state index in [1.54, 1.807) is 11.8 Å². The normalized spacial score (nSPS) is 14.1. The van der Waals surface area contributed by atoms with Crippen molar-refractivity contribution in [2.24, 2.45) is 0 Å². The van der Waals surface area contributed by atoms with Crippen LogP contribution >= 0.6 is 0 Å². The van der Waals surface area contributed by atoms with Gasteiger partial charge in [-0.1, -0.05) is 0 Å². The fourth-order valence-corrected chi connectivity index (χ4v) is 3.46. The summed E-state index contributed by atoms with van der Waals surface area (Å²) in [6.45, 7) is 0.807. The number of rotatable bonds is 3. The summed E-state index contributed by atoms with van der Waals surface area (Å²) in [6, 6.07) is 12.8. The highest BCUT2D eigenvalue weighted by atomic mass is 19.4. The lowest BCUT2D eigenvalue weighted by Gasteiger charge is -2.11. The molecular formula is C21H20F3N3O. The topological polar surface area (TPSA) is 39.1 Å². The van der Waals surface area contributed by atoms with Crippen molar-refractivity contribution in [1.29, 1.82) is 0 Å². The summed E-state index contributed by atoms with van der Waals surface area (Å²) in [4.78, 5) is 0. The zero-order valence-corrected chi connectivity index (χ0v) is 15.4. The zero-order chi connectivity index (χ0) is 19.7. The molecule has 2 heterocycles. The Bertz CT molecular complexity index is 960. The van der Waals surface area contributed by atoms with Gasteiger partial charge >= 0.3 is 6.18 Å². The molecule has 0 unspecified atom stereocenters. The van der Waals surface area contributed by atoms with Crippen LogP contribution in [-0.2, 0) is 12.6 Å². The van der Waals surface area contributed by atoms with E-state index in [9.17, 15) is 13.2 Å². The first-order valence-electron chi connectivity index (χ1n) is 9.15. The van der Waals surface area contributed by atoms with Crippen molar-refractivity contribution >= 4 is 5.82 Å². The molecule has 0 radical (unpaired) electrons. The second kappa shape index (κ2) is 7.22. The molecule has 7 heteroatoms. The van der Waals surface area contributed by atoms with Crippen LogP contribution in [0.4, 0.5) is 19.0 Å². The molecule has 1 aliphatic rings. The number of methoxy groups -OCH3 is 1. The van der Waals surface area contributed by atoms with Gasteiger partial charge in [0.05, 0.1) is 24.1 Å². The predicted octanol–water partition coefficient (Wildman–Crippen LogP) is 5.31. The van der Waals surface area contributed by atoms with Gasteiger partial charge in [0.15, 0.2) is 0 Å². The minimum Gasteiger partial charge on any atom is -0.497 e. The van der Waals surface area contributed by atoms with Crippen LogP contribution in [0.3, 0.4) is 0 Å². The van der Waals surface area contributed by atoms with Gasteiger partial charge in [0.25, 0.3) is 0 Å². The van der Waals surface area contributed by atoms with Gasteiger partial charge in [0.1, 0.15) is 11.6 Å². The molecule has 0 saturated carbocycles. The number of benzene rings is 2. The number of fused-ring (bicyclic) bond motifs is 1. The zero-order valence-electron chi connectivity index (χ0n) is 15.4. The molecule has 1 aromatic heterocycles. The molecule has 0 bridgehead atoms. The van der Waals surface area contributed by atoms with Gasteiger partial charge < -0.3 is 10.1 Å². The average molecular weight is 387 g/mol. The second-order valence-electron chi connectivity index (χ2n) is 6.74. The Balaban J connectivity index is 1.80. The Labute approximate surface area is 160 Å². The number of alkyl halides is 3. The average Bonchev–Trinajstić information content (AvgIpc) is 2.88. The first-order valence-corrected chi connectivity index (χ1v) is 9.15. The molecule has 0 aliphatic carbocycles. The van der Waals surface area contributed by atoms with E-state index in [2.05, 4.69) is 5.32 Å². The molecular weight excluding hydrogens is 367 g/mol. The third kappa shape index (κ3) is 3.44. The summed E-state index contributed by atoms with van der Waals surface area (Å²) in [5.74, 6) is 1.61. The van der Waals surface area contributed by atoms with Crippen LogP contribution in [-0.4, -0.2) is 23.4 Å². The molecule has 4 rings (SSSR count). The van der Waals surface area contributed by atoms with Gasteiger partial charge in [-0.25, -0.2) is 4.68 Å². The standard InChI is InChI=1S/C21H20F3N3O/c1-28-17-11-5-14(6-12-17)19-18-4-2-3-13-25-20(18)27(26-19)16-9-7-15(8-10-16)21(22,23)24/h5-12,25H,2-4,13H2,1H3. The smallest absolute Gasteiger partial charge is 0.416 e. The number of aromatic nitrogens is 2. The highest BCUT2D eigenvalue weighted by Gasteiger charge is 2.30. The van der Waals surface area contributed by atoms with Crippen molar-refractivity contribution in [3.05, 3.63) is 59.7 Å². The first kappa shape index (κ1) is 18.4. The largest absolute Gasteiger partial charge is 0.497 e. The highest BCUT2D eigenvalue weighted by molar-refractivity contribution is 5.71. The van der Waals surface area contributed by atoms with Crippen LogP contribution in [0.15, 0.2) is 48.5 Å². The third-order valence-electron chi connectivity index (χ3n) is 4.93. The lowest BCUT2D eigenvalue weighted by molar-refractivity contribution is -0.137. The molecule has 1 N–H and O–H groups in total. The van der Waals surface area contributed by atoms with Gasteiger partial charge in [-0.3, -0.25) is 0 Å². The van der Waals surface area contributed by atoms with E-state index in [0.717, 1.165) is 66.3 Å². The van der Waals surface area contributed by atoms with E-state index in [-0.39, 0.29) is 0 Å². The molecule has 28 heavy (non-hydrogen) atoms. The summed E-state index contributed by atoms with van der Waals surface area (Å²) in [7, 11) is 1.62. The Morgan fingerprint density at radius 2 is 1.71 bits per heavy atom. The fraction of sp³-hybridized carbons (Fsp3) is 0.286. The van der Waals surface area contributed by atoms with Crippen molar-refractivity contribution in [2.75, 3.05) is 19.0 Å². The summed E-state index contributed by atoms with van der Waals surface area (Å²) >= 11 is 0. The summed E-state index contributed by atoms with van der Waals surface area (Å²) in [5.41, 5.74) is 2.80. The molecule has 0 amide bonds. The van der Waals surface area contributed by atoms with E-state index in [0.29, 0.717) is 5.69 Å². The first-order chi connectivity index (χ1) is 13.5. The van der Waals surface area contributed by atoms with E-state index in [1.807, 2.05) is 24.3 Å². The number of nitrogens with one attached hydrogen (secondary N) is 1. The number of hydrogen-bond donors (Lipinski definition) is 1. The van der Waals surface area contributed by atoms with Crippen molar-refractivity contribution < 1.29 is 17.9 Å². The number of nitrogens with zero attached hydrogens (tertiary/aromatic N) is 2. The Morgan fingerprint density at radius 1 is 1.00 bits per heavy atom. The molecule has 0 saturated heterocycles. The van der Waals surface area contributed by atoms with Gasteiger partial charge in [-0.05, 0) is 67.8 Å². The highest BCUT2D eigenvalue weighted by Crippen LogP contribution is 2.35. The minimum atomic E-state index is -4.36. The van der Waals surface area contributed by atoms with Crippen LogP contribution in [0.1, 0.15) is 24.0 Å². The van der Waals surface area contributed by atoms with E-state index >= 15 is 0 Å². The maximum Gasteiger partial charge on any atom is 0.416 e.